The van der Waals surface area contributed by atoms with E-state index in [9.17, 15) is 13.2 Å². The molecule has 0 bridgehead atoms. The zero-order valence-electron chi connectivity index (χ0n) is 8.16. The molecule has 0 aliphatic rings. The minimum absolute atomic E-state index is 0.399. The van der Waals surface area contributed by atoms with Crippen molar-refractivity contribution in [3.8, 4) is 5.75 Å². The van der Waals surface area contributed by atoms with Crippen molar-refractivity contribution in [3.05, 3.63) is 28.6 Å². The fourth-order valence-corrected chi connectivity index (χ4v) is 1.28. The van der Waals surface area contributed by atoms with Crippen molar-refractivity contribution in [2.45, 2.75) is 26.7 Å². The summed E-state index contributed by atoms with van der Waals surface area (Å²) in [5, 5.41) is 9.16. The smallest absolute Gasteiger partial charge is 0.171 e. The Morgan fingerprint density at radius 1 is 1.00 bits per heavy atom. The van der Waals surface area contributed by atoms with E-state index in [0.717, 1.165) is 6.92 Å². The van der Waals surface area contributed by atoms with Gasteiger partial charge in [0.15, 0.2) is 23.2 Å². The highest BCUT2D eigenvalue weighted by molar-refractivity contribution is 5.40. The van der Waals surface area contributed by atoms with E-state index in [1.165, 1.54) is 13.8 Å². The summed E-state index contributed by atoms with van der Waals surface area (Å²) in [7, 11) is 0. The summed E-state index contributed by atoms with van der Waals surface area (Å²) in [6, 6.07) is 0. The molecule has 1 N–H and O–H groups in total. The van der Waals surface area contributed by atoms with Crippen molar-refractivity contribution in [3.63, 3.8) is 0 Å². The van der Waals surface area contributed by atoms with Gasteiger partial charge in [-0.2, -0.15) is 0 Å². The van der Waals surface area contributed by atoms with Gasteiger partial charge in [-0.3, -0.25) is 0 Å². The van der Waals surface area contributed by atoms with Gasteiger partial charge in [0.1, 0.15) is 0 Å². The Morgan fingerprint density at radius 3 is 1.93 bits per heavy atom. The minimum Gasteiger partial charge on any atom is -0.505 e. The number of hydrogen-bond donors (Lipinski definition) is 1. The predicted octanol–water partition coefficient (Wildman–Crippen LogP) is 3.24. The van der Waals surface area contributed by atoms with Gasteiger partial charge >= 0.3 is 0 Å². The van der Waals surface area contributed by atoms with Crippen molar-refractivity contribution < 1.29 is 18.3 Å². The molecule has 0 saturated carbocycles. The molecule has 1 rings (SSSR count). The lowest BCUT2D eigenvalue weighted by Crippen LogP contribution is -2.04. The molecule has 0 spiro atoms. The average Bonchev–Trinajstić information content (AvgIpc) is 2.11. The lowest BCUT2D eigenvalue weighted by atomic mass is 9.99. The maximum Gasteiger partial charge on any atom is 0.171 e. The molecule has 0 fully saturated rings. The fourth-order valence-electron chi connectivity index (χ4n) is 1.28. The molecule has 0 amide bonds. The molecule has 0 radical (unpaired) electrons. The van der Waals surface area contributed by atoms with Crippen LogP contribution < -0.4 is 0 Å². The summed E-state index contributed by atoms with van der Waals surface area (Å²) in [6.07, 6.45) is 0. The first-order valence-corrected chi connectivity index (χ1v) is 4.23. The number of phenolic OH excluding ortho intramolecular Hbond substituents is 1. The summed E-state index contributed by atoms with van der Waals surface area (Å²) in [5.41, 5.74) is -0.810. The van der Waals surface area contributed by atoms with Crippen LogP contribution in [0.5, 0.6) is 5.75 Å². The lowest BCUT2D eigenvalue weighted by Gasteiger charge is -2.12. The Kier molecular flexibility index (Phi) is 2.73. The SMILES string of the molecule is Cc1c(O)c(F)c(C(C)C)c(F)c1F. The Labute approximate surface area is 80.2 Å². The van der Waals surface area contributed by atoms with Crippen LogP contribution in [-0.2, 0) is 0 Å². The van der Waals surface area contributed by atoms with Crippen LogP contribution in [-0.4, -0.2) is 5.11 Å². The molecule has 1 aromatic rings. The Balaban J connectivity index is 3.60. The molecule has 0 saturated heterocycles. The fraction of sp³-hybridized carbons (Fsp3) is 0.400. The third-order valence-electron chi connectivity index (χ3n) is 2.14. The van der Waals surface area contributed by atoms with Crippen molar-refractivity contribution >= 4 is 0 Å². The number of halogens is 3. The molecule has 0 aliphatic heterocycles. The third kappa shape index (κ3) is 1.45. The molecular weight excluding hydrogens is 193 g/mol. The van der Waals surface area contributed by atoms with E-state index < -0.39 is 40.2 Å². The number of rotatable bonds is 1. The normalized spacial score (nSPS) is 11.1. The van der Waals surface area contributed by atoms with Gasteiger partial charge < -0.3 is 5.11 Å². The first-order chi connectivity index (χ1) is 6.37. The highest BCUT2D eigenvalue weighted by atomic mass is 19.2. The first kappa shape index (κ1) is 10.9. The van der Waals surface area contributed by atoms with Gasteiger partial charge in [0.25, 0.3) is 0 Å². The molecule has 78 valence electrons. The molecule has 0 heterocycles. The second-order valence-electron chi connectivity index (χ2n) is 3.48. The van der Waals surface area contributed by atoms with Crippen molar-refractivity contribution in [2.24, 2.45) is 0 Å². The summed E-state index contributed by atoms with van der Waals surface area (Å²) >= 11 is 0. The van der Waals surface area contributed by atoms with Crippen LogP contribution in [0.4, 0.5) is 13.2 Å². The Morgan fingerprint density at radius 2 is 1.50 bits per heavy atom. The van der Waals surface area contributed by atoms with E-state index in [1.54, 1.807) is 0 Å². The zero-order valence-corrected chi connectivity index (χ0v) is 8.16. The minimum atomic E-state index is -1.21. The van der Waals surface area contributed by atoms with Crippen LogP contribution in [0.25, 0.3) is 0 Å². The van der Waals surface area contributed by atoms with Crippen LogP contribution in [0.1, 0.15) is 30.9 Å². The van der Waals surface area contributed by atoms with Crippen LogP contribution in [0, 0.1) is 24.4 Å². The van der Waals surface area contributed by atoms with Crippen molar-refractivity contribution in [1.29, 1.82) is 0 Å². The van der Waals surface area contributed by atoms with Crippen LogP contribution >= 0.6 is 0 Å². The second kappa shape index (κ2) is 3.52. The van der Waals surface area contributed by atoms with Gasteiger partial charge in [-0.05, 0) is 12.8 Å². The zero-order chi connectivity index (χ0) is 11.0. The van der Waals surface area contributed by atoms with Gasteiger partial charge in [0.2, 0.25) is 0 Å². The molecule has 0 aromatic heterocycles. The number of benzene rings is 1. The third-order valence-corrected chi connectivity index (χ3v) is 2.14. The van der Waals surface area contributed by atoms with E-state index in [-0.39, 0.29) is 0 Å². The van der Waals surface area contributed by atoms with E-state index >= 15 is 0 Å². The van der Waals surface area contributed by atoms with Crippen molar-refractivity contribution in [1.82, 2.24) is 0 Å². The summed E-state index contributed by atoms with van der Waals surface area (Å²) in [5.74, 6) is -4.81. The molecular formula is C10H11F3O. The Hall–Kier alpha value is -1.19. The van der Waals surface area contributed by atoms with Gasteiger partial charge in [0, 0.05) is 11.1 Å². The largest absolute Gasteiger partial charge is 0.505 e. The van der Waals surface area contributed by atoms with Crippen molar-refractivity contribution in [2.75, 3.05) is 0 Å². The highest BCUT2D eigenvalue weighted by Crippen LogP contribution is 2.33. The van der Waals surface area contributed by atoms with E-state index in [1.807, 2.05) is 0 Å². The molecule has 4 heteroatoms. The average molecular weight is 204 g/mol. The second-order valence-corrected chi connectivity index (χ2v) is 3.48. The maximum absolute atomic E-state index is 13.3. The van der Waals surface area contributed by atoms with Crippen LogP contribution in [0.3, 0.4) is 0 Å². The van der Waals surface area contributed by atoms with Gasteiger partial charge in [-0.1, -0.05) is 13.8 Å². The molecule has 1 nitrogen and oxygen atoms in total. The van der Waals surface area contributed by atoms with E-state index in [0.29, 0.717) is 0 Å². The van der Waals surface area contributed by atoms with Crippen LogP contribution in [0.2, 0.25) is 0 Å². The molecule has 0 unspecified atom stereocenters. The van der Waals surface area contributed by atoms with E-state index in [4.69, 9.17) is 5.11 Å². The topological polar surface area (TPSA) is 20.2 Å². The molecule has 0 atom stereocenters. The summed E-state index contributed by atoms with van der Waals surface area (Å²) < 4.78 is 39.6. The quantitative estimate of drug-likeness (QED) is 0.696. The summed E-state index contributed by atoms with van der Waals surface area (Å²) in [4.78, 5) is 0. The van der Waals surface area contributed by atoms with Gasteiger partial charge in [0.05, 0.1) is 0 Å². The molecule has 1 aromatic carbocycles. The maximum atomic E-state index is 13.3. The number of aromatic hydroxyl groups is 1. The standard InChI is InChI=1S/C10H11F3O/c1-4(2)6-8(12)7(11)5(3)10(14)9(6)13/h4,14H,1-3H3. The number of hydrogen-bond acceptors (Lipinski definition) is 1. The molecule has 14 heavy (non-hydrogen) atoms. The lowest BCUT2D eigenvalue weighted by molar-refractivity contribution is 0.395. The van der Waals surface area contributed by atoms with E-state index in [2.05, 4.69) is 0 Å². The van der Waals surface area contributed by atoms with Crippen LogP contribution in [0.15, 0.2) is 0 Å². The van der Waals surface area contributed by atoms with Gasteiger partial charge in [-0.15, -0.1) is 0 Å². The molecule has 0 aliphatic carbocycles. The summed E-state index contributed by atoms with van der Waals surface area (Å²) in [6.45, 7) is 4.17. The monoisotopic (exact) mass is 204 g/mol. The predicted molar refractivity (Wildman–Crippen MR) is 46.8 cm³/mol. The van der Waals surface area contributed by atoms with Gasteiger partial charge in [-0.25, -0.2) is 13.2 Å². The number of phenols is 1. The Bertz CT molecular complexity index is 343. The first-order valence-electron chi connectivity index (χ1n) is 4.23. The highest BCUT2D eigenvalue weighted by Gasteiger charge is 2.23.